The lowest BCUT2D eigenvalue weighted by molar-refractivity contribution is -0.152. The minimum Gasteiger partial charge on any atom is -0.464 e. The number of ether oxygens (including phenoxy) is 2. The highest BCUT2D eigenvalue weighted by Crippen LogP contribution is 2.40. The standard InChI is InChI=1S/C19H19ClFN3O6S/c1-8(25)30-6-10-7-31-18-15(17(27)24(18)16(10)19(28)29-2)23-12(26)5-9-3-4-11(21)14(22)13(9)20/h3-4,15,18H,5-7,22H2,1-2H3,(H,23,26). The molecule has 2 atom stereocenters. The van der Waals surface area contributed by atoms with Gasteiger partial charge in [-0.1, -0.05) is 17.7 Å². The Morgan fingerprint density at radius 2 is 2.10 bits per heavy atom. The van der Waals surface area contributed by atoms with E-state index in [2.05, 4.69) is 5.32 Å². The number of nitrogens with two attached hydrogens (primary N) is 1. The number of methoxy groups -OCH3 is 1. The molecule has 12 heteroatoms. The van der Waals surface area contributed by atoms with Crippen LogP contribution in [0.25, 0.3) is 0 Å². The van der Waals surface area contributed by atoms with Crippen LogP contribution in [0.1, 0.15) is 12.5 Å². The predicted octanol–water partition coefficient (Wildman–Crippen LogP) is 0.994. The van der Waals surface area contributed by atoms with E-state index in [1.54, 1.807) is 0 Å². The van der Waals surface area contributed by atoms with Crippen LogP contribution in [0.15, 0.2) is 23.4 Å². The monoisotopic (exact) mass is 471 g/mol. The van der Waals surface area contributed by atoms with E-state index in [0.29, 0.717) is 16.9 Å². The van der Waals surface area contributed by atoms with Crippen molar-refractivity contribution in [1.82, 2.24) is 10.2 Å². The molecule has 2 amide bonds. The lowest BCUT2D eigenvalue weighted by atomic mass is 10.0. The van der Waals surface area contributed by atoms with Crippen LogP contribution in [0.4, 0.5) is 10.1 Å². The number of anilines is 1. The Bertz CT molecular complexity index is 1000. The fourth-order valence-corrected chi connectivity index (χ4v) is 4.76. The van der Waals surface area contributed by atoms with Gasteiger partial charge in [-0.25, -0.2) is 9.18 Å². The smallest absolute Gasteiger partial charge is 0.354 e. The molecule has 0 aliphatic carbocycles. The second-order valence-corrected chi connectivity index (χ2v) is 8.27. The largest absolute Gasteiger partial charge is 0.464 e. The van der Waals surface area contributed by atoms with Gasteiger partial charge in [-0.05, 0) is 11.6 Å². The molecule has 166 valence electrons. The molecular weight excluding hydrogens is 453 g/mol. The van der Waals surface area contributed by atoms with Gasteiger partial charge in [0.1, 0.15) is 29.5 Å². The average molecular weight is 472 g/mol. The first-order valence-corrected chi connectivity index (χ1v) is 10.5. The van der Waals surface area contributed by atoms with E-state index >= 15 is 0 Å². The summed E-state index contributed by atoms with van der Waals surface area (Å²) < 4.78 is 23.2. The van der Waals surface area contributed by atoms with Gasteiger partial charge in [-0.2, -0.15) is 0 Å². The number of nitrogen functional groups attached to an aromatic ring is 1. The molecule has 1 fully saturated rings. The molecular formula is C19H19ClFN3O6S. The molecule has 1 aromatic rings. The number of nitrogens with zero attached hydrogens (tertiary/aromatic N) is 1. The second kappa shape index (κ2) is 9.15. The number of rotatable bonds is 6. The van der Waals surface area contributed by atoms with Crippen molar-refractivity contribution in [2.24, 2.45) is 0 Å². The van der Waals surface area contributed by atoms with Gasteiger partial charge in [0.2, 0.25) is 5.91 Å². The molecule has 0 aromatic heterocycles. The maximum absolute atomic E-state index is 13.4. The molecule has 0 saturated carbocycles. The molecule has 1 aromatic carbocycles. The summed E-state index contributed by atoms with van der Waals surface area (Å²) in [5, 5.41) is 2.03. The molecule has 2 aliphatic rings. The number of carbonyl (C=O) groups is 4. The number of fused-ring (bicyclic) bond motifs is 1. The fourth-order valence-electron chi connectivity index (χ4n) is 3.22. The van der Waals surface area contributed by atoms with Crippen molar-refractivity contribution >= 4 is 52.8 Å². The normalized spacial score (nSPS) is 20.0. The first-order chi connectivity index (χ1) is 14.6. The zero-order chi connectivity index (χ0) is 22.9. The minimum atomic E-state index is -0.871. The SMILES string of the molecule is COC(=O)C1=C(COC(C)=O)CSC2C(NC(=O)Cc3ccc(F)c(N)c3Cl)C(=O)N12. The lowest BCUT2D eigenvalue weighted by Crippen LogP contribution is -2.70. The van der Waals surface area contributed by atoms with E-state index in [9.17, 15) is 23.6 Å². The van der Waals surface area contributed by atoms with Gasteiger partial charge in [0.25, 0.3) is 5.91 Å². The van der Waals surface area contributed by atoms with Gasteiger partial charge >= 0.3 is 11.9 Å². The zero-order valence-corrected chi connectivity index (χ0v) is 18.1. The molecule has 2 unspecified atom stereocenters. The number of benzene rings is 1. The van der Waals surface area contributed by atoms with E-state index in [0.717, 1.165) is 6.07 Å². The number of hydrogen-bond acceptors (Lipinski definition) is 8. The minimum absolute atomic E-state index is 0.0114. The molecule has 9 nitrogen and oxygen atoms in total. The van der Waals surface area contributed by atoms with Gasteiger partial charge in [0.15, 0.2) is 0 Å². The van der Waals surface area contributed by atoms with Crippen molar-refractivity contribution in [1.29, 1.82) is 0 Å². The first kappa shape index (κ1) is 22.9. The van der Waals surface area contributed by atoms with E-state index in [-0.39, 0.29) is 29.4 Å². The van der Waals surface area contributed by atoms with E-state index in [4.69, 9.17) is 26.8 Å². The van der Waals surface area contributed by atoms with Crippen LogP contribution < -0.4 is 11.1 Å². The Labute approximate surface area is 186 Å². The molecule has 2 heterocycles. The van der Waals surface area contributed by atoms with E-state index < -0.39 is 41.0 Å². The number of esters is 2. The predicted molar refractivity (Wildman–Crippen MR) is 110 cm³/mol. The van der Waals surface area contributed by atoms with Crippen molar-refractivity contribution in [2.45, 2.75) is 24.8 Å². The van der Waals surface area contributed by atoms with Gasteiger partial charge in [-0.3, -0.25) is 19.3 Å². The quantitative estimate of drug-likeness (QED) is 0.357. The highest BCUT2D eigenvalue weighted by molar-refractivity contribution is 8.00. The third kappa shape index (κ3) is 4.47. The van der Waals surface area contributed by atoms with E-state index in [1.807, 2.05) is 0 Å². The Balaban J connectivity index is 1.72. The van der Waals surface area contributed by atoms with Crippen LogP contribution in [0.3, 0.4) is 0 Å². The summed E-state index contributed by atoms with van der Waals surface area (Å²) in [5.74, 6) is -2.66. The Hall–Kier alpha value is -2.79. The maximum Gasteiger partial charge on any atom is 0.354 e. The van der Waals surface area contributed by atoms with Crippen LogP contribution in [0.2, 0.25) is 5.02 Å². The second-order valence-electron chi connectivity index (χ2n) is 6.79. The molecule has 2 aliphatic heterocycles. The molecule has 0 radical (unpaired) electrons. The summed E-state index contributed by atoms with van der Waals surface area (Å²) in [6, 6.07) is 1.58. The van der Waals surface area contributed by atoms with Gasteiger partial charge in [0, 0.05) is 18.2 Å². The van der Waals surface area contributed by atoms with Crippen molar-refractivity contribution < 1.29 is 33.0 Å². The number of hydrogen-bond donors (Lipinski definition) is 2. The van der Waals surface area contributed by atoms with Gasteiger partial charge in [0.05, 0.1) is 24.2 Å². The molecule has 31 heavy (non-hydrogen) atoms. The van der Waals surface area contributed by atoms with Crippen LogP contribution in [0, 0.1) is 5.82 Å². The number of β-lactam (4-membered cyclic amide) rings is 1. The number of halogens is 2. The van der Waals surface area contributed by atoms with Crippen LogP contribution in [0.5, 0.6) is 0 Å². The maximum atomic E-state index is 13.4. The van der Waals surface area contributed by atoms with Gasteiger partial charge < -0.3 is 20.5 Å². The Kier molecular flexibility index (Phi) is 6.75. The molecule has 3 N–H and O–H groups in total. The summed E-state index contributed by atoms with van der Waals surface area (Å²) in [4.78, 5) is 49.8. The third-order valence-corrected chi connectivity index (χ3v) is 6.54. The number of thioether (sulfide) groups is 1. The summed E-state index contributed by atoms with van der Waals surface area (Å²) in [6.07, 6.45) is -0.206. The summed E-state index contributed by atoms with van der Waals surface area (Å²) in [7, 11) is 1.18. The third-order valence-electron chi connectivity index (χ3n) is 4.75. The van der Waals surface area contributed by atoms with E-state index in [1.165, 1.54) is 36.8 Å². The number of nitrogens with one attached hydrogen (secondary N) is 1. The Morgan fingerprint density at radius 1 is 1.39 bits per heavy atom. The molecule has 0 bridgehead atoms. The number of amides is 2. The first-order valence-electron chi connectivity index (χ1n) is 9.05. The van der Waals surface area contributed by atoms with Crippen molar-refractivity contribution in [2.75, 3.05) is 25.2 Å². The lowest BCUT2D eigenvalue weighted by Gasteiger charge is -2.49. The molecule has 0 spiro atoms. The highest BCUT2D eigenvalue weighted by Gasteiger charge is 2.54. The molecule has 3 rings (SSSR count). The fraction of sp³-hybridized carbons (Fsp3) is 0.368. The van der Waals surface area contributed by atoms with Crippen LogP contribution in [-0.4, -0.2) is 59.5 Å². The number of carbonyl (C=O) groups excluding carboxylic acids is 4. The Morgan fingerprint density at radius 3 is 2.74 bits per heavy atom. The van der Waals surface area contributed by atoms with Crippen LogP contribution in [-0.2, 0) is 35.1 Å². The highest BCUT2D eigenvalue weighted by atomic mass is 35.5. The topological polar surface area (TPSA) is 128 Å². The summed E-state index contributed by atoms with van der Waals surface area (Å²) in [6.45, 7) is 1.09. The van der Waals surface area contributed by atoms with Crippen molar-refractivity contribution in [3.05, 3.63) is 39.8 Å². The average Bonchev–Trinajstić information content (AvgIpc) is 2.75. The van der Waals surface area contributed by atoms with Gasteiger partial charge in [-0.15, -0.1) is 11.8 Å². The zero-order valence-electron chi connectivity index (χ0n) is 16.6. The molecule has 1 saturated heterocycles. The van der Waals surface area contributed by atoms with Crippen molar-refractivity contribution in [3.8, 4) is 0 Å². The van der Waals surface area contributed by atoms with Crippen LogP contribution >= 0.6 is 23.4 Å². The van der Waals surface area contributed by atoms with Crippen molar-refractivity contribution in [3.63, 3.8) is 0 Å². The summed E-state index contributed by atoms with van der Waals surface area (Å²) in [5.41, 5.74) is 6.05. The summed E-state index contributed by atoms with van der Waals surface area (Å²) >= 11 is 7.30.